The van der Waals surface area contributed by atoms with Gasteiger partial charge in [-0.3, -0.25) is 9.59 Å². The molecule has 0 aromatic rings. The maximum Gasteiger partial charge on any atom is 0.246 e. The Bertz CT molecular complexity index is 263. The second-order valence-corrected chi connectivity index (χ2v) is 3.42. The van der Waals surface area contributed by atoms with Crippen LogP contribution < -0.4 is 0 Å². The molecule has 0 aromatic carbocycles. The van der Waals surface area contributed by atoms with Gasteiger partial charge in [0.2, 0.25) is 11.8 Å². The Morgan fingerprint density at radius 3 is 2.79 bits per heavy atom. The fourth-order valence-electron chi connectivity index (χ4n) is 1.69. The minimum Gasteiger partial charge on any atom is -0.342 e. The minimum absolute atomic E-state index is 0.0222. The summed E-state index contributed by atoms with van der Waals surface area (Å²) in [6, 6.07) is -0.306. The van der Waals surface area contributed by atoms with E-state index in [0.29, 0.717) is 19.5 Å². The van der Waals surface area contributed by atoms with Gasteiger partial charge in [-0.2, -0.15) is 0 Å². The highest BCUT2D eigenvalue weighted by Gasteiger charge is 2.33. The van der Waals surface area contributed by atoms with Crippen molar-refractivity contribution in [2.45, 2.75) is 19.4 Å². The van der Waals surface area contributed by atoms with Crippen LogP contribution in [0.15, 0.2) is 12.7 Å². The first-order valence-electron chi connectivity index (χ1n) is 4.79. The third kappa shape index (κ3) is 1.78. The second kappa shape index (κ2) is 4.26. The van der Waals surface area contributed by atoms with Crippen molar-refractivity contribution < 1.29 is 9.59 Å². The van der Waals surface area contributed by atoms with Gasteiger partial charge in [-0.1, -0.05) is 13.5 Å². The molecule has 1 aliphatic rings. The molecule has 0 saturated carbocycles. The molecular formula is C10H16N2O2. The maximum absolute atomic E-state index is 11.7. The standard InChI is InChI=1S/C10H16N2O2/c1-4-8-10(14)11(3)6-7-12(8)9(13)5-2/h5,8H,2,4,6-7H2,1,3H3. The number of rotatable bonds is 2. The Hall–Kier alpha value is -1.32. The molecule has 0 radical (unpaired) electrons. The first kappa shape index (κ1) is 10.8. The molecule has 1 fully saturated rings. The van der Waals surface area contributed by atoms with Crippen LogP contribution >= 0.6 is 0 Å². The van der Waals surface area contributed by atoms with Gasteiger partial charge in [0.25, 0.3) is 0 Å². The summed E-state index contributed by atoms with van der Waals surface area (Å²) in [6.07, 6.45) is 1.92. The zero-order valence-corrected chi connectivity index (χ0v) is 8.69. The van der Waals surface area contributed by atoms with Gasteiger partial charge in [0, 0.05) is 20.1 Å². The summed E-state index contributed by atoms with van der Waals surface area (Å²) < 4.78 is 0. The van der Waals surface area contributed by atoms with E-state index < -0.39 is 0 Å². The lowest BCUT2D eigenvalue weighted by Crippen LogP contribution is -2.56. The van der Waals surface area contributed by atoms with Gasteiger partial charge in [-0.05, 0) is 12.5 Å². The highest BCUT2D eigenvalue weighted by Crippen LogP contribution is 2.13. The summed E-state index contributed by atoms with van der Waals surface area (Å²) in [4.78, 5) is 26.4. The molecule has 1 aliphatic heterocycles. The van der Waals surface area contributed by atoms with Crippen LogP contribution in [0.3, 0.4) is 0 Å². The van der Waals surface area contributed by atoms with Gasteiger partial charge in [-0.15, -0.1) is 0 Å². The van der Waals surface area contributed by atoms with Gasteiger partial charge in [0.15, 0.2) is 0 Å². The first-order chi connectivity index (χ1) is 6.61. The quantitative estimate of drug-likeness (QED) is 0.594. The van der Waals surface area contributed by atoms with E-state index in [1.807, 2.05) is 6.92 Å². The molecule has 1 heterocycles. The van der Waals surface area contributed by atoms with Crippen molar-refractivity contribution in [3.63, 3.8) is 0 Å². The third-order valence-electron chi connectivity index (χ3n) is 2.56. The van der Waals surface area contributed by atoms with Crippen LogP contribution in [0.2, 0.25) is 0 Å². The molecule has 1 atom stereocenters. The van der Waals surface area contributed by atoms with Crippen molar-refractivity contribution in [1.29, 1.82) is 0 Å². The van der Waals surface area contributed by atoms with Crippen molar-refractivity contribution >= 4 is 11.8 Å². The van der Waals surface area contributed by atoms with Crippen molar-refractivity contribution in [2.24, 2.45) is 0 Å². The smallest absolute Gasteiger partial charge is 0.246 e. The molecule has 0 bridgehead atoms. The summed E-state index contributed by atoms with van der Waals surface area (Å²) in [6.45, 7) is 6.55. The monoisotopic (exact) mass is 196 g/mol. The number of hydrogen-bond donors (Lipinski definition) is 0. The highest BCUT2D eigenvalue weighted by molar-refractivity contribution is 5.93. The number of carbonyl (C=O) groups is 2. The van der Waals surface area contributed by atoms with Crippen LogP contribution in [-0.2, 0) is 9.59 Å². The third-order valence-corrected chi connectivity index (χ3v) is 2.56. The molecule has 4 nitrogen and oxygen atoms in total. The number of amides is 2. The fraction of sp³-hybridized carbons (Fsp3) is 0.600. The molecule has 0 spiro atoms. The van der Waals surface area contributed by atoms with Crippen molar-refractivity contribution in [1.82, 2.24) is 9.80 Å². The van der Waals surface area contributed by atoms with E-state index in [4.69, 9.17) is 0 Å². The molecule has 2 amide bonds. The molecule has 14 heavy (non-hydrogen) atoms. The van der Waals surface area contributed by atoms with Gasteiger partial charge < -0.3 is 9.80 Å². The van der Waals surface area contributed by atoms with E-state index in [2.05, 4.69) is 6.58 Å². The van der Waals surface area contributed by atoms with E-state index in [1.165, 1.54) is 6.08 Å². The van der Waals surface area contributed by atoms with E-state index in [0.717, 1.165) is 0 Å². The Balaban J connectivity index is 2.81. The Morgan fingerprint density at radius 2 is 2.29 bits per heavy atom. The lowest BCUT2D eigenvalue weighted by molar-refractivity contribution is -0.147. The van der Waals surface area contributed by atoms with Gasteiger partial charge in [-0.25, -0.2) is 0 Å². The SMILES string of the molecule is C=CC(=O)N1CCN(C)C(=O)C1CC. The molecule has 1 unspecified atom stereocenters. The summed E-state index contributed by atoms with van der Waals surface area (Å²) in [5.41, 5.74) is 0. The van der Waals surface area contributed by atoms with E-state index >= 15 is 0 Å². The van der Waals surface area contributed by atoms with E-state index in [1.54, 1.807) is 16.8 Å². The lowest BCUT2D eigenvalue weighted by Gasteiger charge is -2.38. The number of hydrogen-bond acceptors (Lipinski definition) is 2. The lowest BCUT2D eigenvalue weighted by atomic mass is 10.1. The summed E-state index contributed by atoms with van der Waals surface area (Å²) in [7, 11) is 1.76. The number of piperazine rings is 1. The highest BCUT2D eigenvalue weighted by atomic mass is 16.2. The van der Waals surface area contributed by atoms with Gasteiger partial charge >= 0.3 is 0 Å². The van der Waals surface area contributed by atoms with Gasteiger partial charge in [0.1, 0.15) is 6.04 Å². The van der Waals surface area contributed by atoms with Crippen LogP contribution in [0.5, 0.6) is 0 Å². The van der Waals surface area contributed by atoms with Gasteiger partial charge in [0.05, 0.1) is 0 Å². The number of carbonyl (C=O) groups excluding carboxylic acids is 2. The van der Waals surface area contributed by atoms with Crippen LogP contribution in [-0.4, -0.2) is 47.8 Å². The molecule has 0 aliphatic carbocycles. The topological polar surface area (TPSA) is 40.6 Å². The normalized spacial score (nSPS) is 22.4. The predicted octanol–water partition coefficient (Wildman–Crippen LogP) is 0.252. The second-order valence-electron chi connectivity index (χ2n) is 3.42. The first-order valence-corrected chi connectivity index (χ1v) is 4.79. The molecule has 0 N–H and O–H groups in total. The van der Waals surface area contributed by atoms with Crippen LogP contribution in [0, 0.1) is 0 Å². The maximum atomic E-state index is 11.7. The number of likely N-dealkylation sites (N-methyl/N-ethyl adjacent to an activating group) is 1. The van der Waals surface area contributed by atoms with Crippen molar-refractivity contribution in [2.75, 3.05) is 20.1 Å². The largest absolute Gasteiger partial charge is 0.342 e. The average Bonchev–Trinajstić information content (AvgIpc) is 2.20. The Morgan fingerprint density at radius 1 is 1.64 bits per heavy atom. The predicted molar refractivity (Wildman–Crippen MR) is 53.6 cm³/mol. The van der Waals surface area contributed by atoms with Crippen molar-refractivity contribution in [3.8, 4) is 0 Å². The Kier molecular flexibility index (Phi) is 3.28. The zero-order chi connectivity index (χ0) is 10.7. The van der Waals surface area contributed by atoms with Crippen molar-refractivity contribution in [3.05, 3.63) is 12.7 Å². The van der Waals surface area contributed by atoms with Crippen LogP contribution in [0.25, 0.3) is 0 Å². The van der Waals surface area contributed by atoms with E-state index in [-0.39, 0.29) is 17.9 Å². The summed E-state index contributed by atoms with van der Waals surface area (Å²) >= 11 is 0. The molecule has 4 heteroatoms. The molecule has 78 valence electrons. The minimum atomic E-state index is -0.306. The Labute approximate surface area is 84.2 Å². The summed E-state index contributed by atoms with van der Waals surface area (Å²) in [5.74, 6) is -0.132. The molecule has 0 aromatic heterocycles. The molecule has 1 rings (SSSR count). The number of nitrogens with zero attached hydrogens (tertiary/aromatic N) is 2. The molecule has 1 saturated heterocycles. The average molecular weight is 196 g/mol. The summed E-state index contributed by atoms with van der Waals surface area (Å²) in [5, 5.41) is 0. The zero-order valence-electron chi connectivity index (χ0n) is 8.69. The van der Waals surface area contributed by atoms with Crippen LogP contribution in [0.1, 0.15) is 13.3 Å². The van der Waals surface area contributed by atoms with E-state index in [9.17, 15) is 9.59 Å². The van der Waals surface area contributed by atoms with Crippen LogP contribution in [0.4, 0.5) is 0 Å². The molecular weight excluding hydrogens is 180 g/mol. The fourth-order valence-corrected chi connectivity index (χ4v) is 1.69.